The third-order valence-corrected chi connectivity index (χ3v) is 5.28. The van der Waals surface area contributed by atoms with Crippen LogP contribution in [-0.4, -0.2) is 59.9 Å². The van der Waals surface area contributed by atoms with Gasteiger partial charge in [0.2, 0.25) is 11.8 Å². The van der Waals surface area contributed by atoms with Crippen LogP contribution in [0.3, 0.4) is 0 Å². The molecule has 0 bridgehead atoms. The zero-order chi connectivity index (χ0) is 18.5. The quantitative estimate of drug-likeness (QED) is 0.571. The third-order valence-electron chi connectivity index (χ3n) is 5.28. The van der Waals surface area contributed by atoms with Crippen LogP contribution in [0.1, 0.15) is 31.7 Å². The zero-order valence-electron chi connectivity index (χ0n) is 15.2. The molecule has 2 amide bonds. The Morgan fingerprint density at radius 3 is 2.50 bits per heavy atom. The first kappa shape index (κ1) is 18.6. The molecule has 140 valence electrons. The van der Waals surface area contributed by atoms with E-state index < -0.39 is 0 Å². The Morgan fingerprint density at radius 1 is 1.15 bits per heavy atom. The van der Waals surface area contributed by atoms with Crippen molar-refractivity contribution in [2.24, 2.45) is 5.92 Å². The summed E-state index contributed by atoms with van der Waals surface area (Å²) in [5.74, 6) is -0.429. The number of esters is 1. The predicted molar refractivity (Wildman–Crippen MR) is 96.2 cm³/mol. The monoisotopic (exact) mass is 358 g/mol. The van der Waals surface area contributed by atoms with Crippen LogP contribution in [0.5, 0.6) is 0 Å². The summed E-state index contributed by atoms with van der Waals surface area (Å²) < 4.78 is 5.08. The number of imide groups is 1. The number of benzene rings is 1. The summed E-state index contributed by atoms with van der Waals surface area (Å²) in [5.41, 5.74) is 1.12. The van der Waals surface area contributed by atoms with E-state index in [1.807, 2.05) is 30.3 Å². The Labute approximate surface area is 154 Å². The van der Waals surface area contributed by atoms with Crippen molar-refractivity contribution in [1.82, 2.24) is 9.80 Å². The van der Waals surface area contributed by atoms with Crippen LogP contribution >= 0.6 is 0 Å². The molecule has 0 radical (unpaired) electrons. The average molecular weight is 358 g/mol. The van der Waals surface area contributed by atoms with Gasteiger partial charge in [-0.1, -0.05) is 30.3 Å². The minimum absolute atomic E-state index is 0.0902. The lowest BCUT2D eigenvalue weighted by Gasteiger charge is -2.33. The Bertz CT molecular complexity index is 653. The van der Waals surface area contributed by atoms with E-state index in [-0.39, 0.29) is 36.2 Å². The predicted octanol–water partition coefficient (Wildman–Crippen LogP) is 1.63. The largest absolute Gasteiger partial charge is 0.466 e. The number of ether oxygens (including phenoxy) is 1. The number of hydrogen-bond donors (Lipinski definition) is 0. The second-order valence-corrected chi connectivity index (χ2v) is 6.90. The van der Waals surface area contributed by atoms with Gasteiger partial charge in [-0.3, -0.25) is 24.2 Å². The molecule has 0 unspecified atom stereocenters. The molecule has 6 nitrogen and oxygen atoms in total. The van der Waals surface area contributed by atoms with Crippen molar-refractivity contribution in [2.75, 3.05) is 26.2 Å². The van der Waals surface area contributed by atoms with E-state index in [0.717, 1.165) is 5.56 Å². The topological polar surface area (TPSA) is 66.9 Å². The summed E-state index contributed by atoms with van der Waals surface area (Å²) in [6.45, 7) is 3.93. The van der Waals surface area contributed by atoms with Gasteiger partial charge in [0, 0.05) is 6.54 Å². The maximum atomic E-state index is 12.7. The van der Waals surface area contributed by atoms with Gasteiger partial charge >= 0.3 is 5.97 Å². The maximum absolute atomic E-state index is 12.7. The zero-order valence-corrected chi connectivity index (χ0v) is 15.2. The molecule has 2 heterocycles. The maximum Gasteiger partial charge on any atom is 0.309 e. The van der Waals surface area contributed by atoms with E-state index in [4.69, 9.17) is 4.74 Å². The molecule has 26 heavy (non-hydrogen) atoms. The summed E-state index contributed by atoms with van der Waals surface area (Å²) in [5, 5.41) is 0. The van der Waals surface area contributed by atoms with Crippen LogP contribution in [0.25, 0.3) is 0 Å². The van der Waals surface area contributed by atoms with E-state index in [2.05, 4.69) is 4.90 Å². The van der Waals surface area contributed by atoms with Crippen molar-refractivity contribution in [2.45, 2.75) is 38.6 Å². The number of carbonyl (C=O) groups is 3. The van der Waals surface area contributed by atoms with E-state index in [9.17, 15) is 14.4 Å². The van der Waals surface area contributed by atoms with Gasteiger partial charge in [-0.2, -0.15) is 0 Å². The summed E-state index contributed by atoms with van der Waals surface area (Å²) in [6, 6.07) is 9.50. The van der Waals surface area contributed by atoms with Crippen LogP contribution in [0.2, 0.25) is 0 Å². The Balaban J connectivity index is 1.53. The lowest BCUT2D eigenvalue weighted by atomic mass is 9.95. The molecule has 0 aliphatic carbocycles. The fourth-order valence-corrected chi connectivity index (χ4v) is 3.78. The van der Waals surface area contributed by atoms with Crippen molar-refractivity contribution in [3.05, 3.63) is 35.9 Å². The molecule has 2 aliphatic heterocycles. The third kappa shape index (κ3) is 4.12. The van der Waals surface area contributed by atoms with Gasteiger partial charge in [0.15, 0.2) is 0 Å². The molecule has 0 aromatic heterocycles. The van der Waals surface area contributed by atoms with E-state index in [1.165, 1.54) is 4.90 Å². The second-order valence-electron chi connectivity index (χ2n) is 6.90. The van der Waals surface area contributed by atoms with Crippen molar-refractivity contribution in [3.63, 3.8) is 0 Å². The summed E-state index contributed by atoms with van der Waals surface area (Å²) >= 11 is 0. The number of hydrogen-bond acceptors (Lipinski definition) is 5. The molecule has 1 aromatic carbocycles. The molecule has 0 N–H and O–H groups in total. The molecule has 2 fully saturated rings. The number of carbonyl (C=O) groups excluding carboxylic acids is 3. The Morgan fingerprint density at radius 2 is 1.85 bits per heavy atom. The van der Waals surface area contributed by atoms with Crippen molar-refractivity contribution in [3.8, 4) is 0 Å². The van der Waals surface area contributed by atoms with E-state index in [0.29, 0.717) is 45.5 Å². The van der Waals surface area contributed by atoms with Gasteiger partial charge < -0.3 is 4.74 Å². The highest BCUT2D eigenvalue weighted by Crippen LogP contribution is 2.26. The first-order valence-corrected chi connectivity index (χ1v) is 9.39. The van der Waals surface area contributed by atoms with Gasteiger partial charge in [0.25, 0.3) is 0 Å². The molecule has 2 saturated heterocycles. The number of likely N-dealkylation sites (tertiary alicyclic amines) is 2. The lowest BCUT2D eigenvalue weighted by molar-refractivity contribution is -0.150. The van der Waals surface area contributed by atoms with Crippen LogP contribution in [0.4, 0.5) is 0 Å². The molecule has 0 saturated carbocycles. The van der Waals surface area contributed by atoms with Gasteiger partial charge in [-0.25, -0.2) is 0 Å². The molecule has 3 rings (SSSR count). The standard InChI is InChI=1S/C20H26N2O4/c1-2-26-20(25)16-9-11-21(12-10-16)17-14-18(23)22(19(17)24)13-8-15-6-4-3-5-7-15/h3-7,16-17H,2,8-14H2,1H3/t17-/m0/s1. The fraction of sp³-hybridized carbons (Fsp3) is 0.550. The normalized spacial score (nSPS) is 22.0. The van der Waals surface area contributed by atoms with Crippen LogP contribution in [0.15, 0.2) is 30.3 Å². The van der Waals surface area contributed by atoms with E-state index >= 15 is 0 Å². The second kappa shape index (κ2) is 8.45. The van der Waals surface area contributed by atoms with E-state index in [1.54, 1.807) is 6.92 Å². The highest BCUT2D eigenvalue weighted by molar-refractivity contribution is 6.05. The number of piperidine rings is 1. The molecule has 6 heteroatoms. The van der Waals surface area contributed by atoms with Gasteiger partial charge in [0.05, 0.1) is 25.0 Å². The first-order valence-electron chi connectivity index (χ1n) is 9.39. The lowest BCUT2D eigenvalue weighted by Crippen LogP contribution is -2.47. The summed E-state index contributed by atoms with van der Waals surface area (Å²) in [7, 11) is 0. The van der Waals surface area contributed by atoms with Crippen LogP contribution in [-0.2, 0) is 25.5 Å². The van der Waals surface area contributed by atoms with Gasteiger partial charge in [-0.05, 0) is 44.8 Å². The molecule has 2 aliphatic rings. The van der Waals surface area contributed by atoms with Gasteiger partial charge in [-0.15, -0.1) is 0 Å². The highest BCUT2D eigenvalue weighted by atomic mass is 16.5. The van der Waals surface area contributed by atoms with Crippen molar-refractivity contribution >= 4 is 17.8 Å². The van der Waals surface area contributed by atoms with Crippen molar-refractivity contribution in [1.29, 1.82) is 0 Å². The Kier molecular flexibility index (Phi) is 6.04. The smallest absolute Gasteiger partial charge is 0.309 e. The fourth-order valence-electron chi connectivity index (χ4n) is 3.78. The molecular weight excluding hydrogens is 332 g/mol. The van der Waals surface area contributed by atoms with Crippen LogP contribution < -0.4 is 0 Å². The minimum atomic E-state index is -0.374. The average Bonchev–Trinajstić information content (AvgIpc) is 2.95. The van der Waals surface area contributed by atoms with Crippen LogP contribution in [0, 0.1) is 5.92 Å². The Hall–Kier alpha value is -2.21. The molecule has 1 aromatic rings. The number of nitrogens with zero attached hydrogens (tertiary/aromatic N) is 2. The summed E-state index contributed by atoms with van der Waals surface area (Å²) in [6.07, 6.45) is 2.29. The summed E-state index contributed by atoms with van der Waals surface area (Å²) in [4.78, 5) is 40.3. The number of rotatable bonds is 6. The SMILES string of the molecule is CCOC(=O)C1CCN([C@H]2CC(=O)N(CCc3ccccc3)C2=O)CC1. The molecule has 1 atom stereocenters. The minimum Gasteiger partial charge on any atom is -0.466 e. The molecular formula is C20H26N2O4. The highest BCUT2D eigenvalue weighted by Gasteiger charge is 2.42. The van der Waals surface area contributed by atoms with Gasteiger partial charge in [0.1, 0.15) is 0 Å². The number of amides is 2. The van der Waals surface area contributed by atoms with Crippen molar-refractivity contribution < 1.29 is 19.1 Å². The molecule has 0 spiro atoms. The first-order chi connectivity index (χ1) is 12.6.